The maximum absolute atomic E-state index is 8.88. The quantitative estimate of drug-likeness (QED) is 0.174. The third-order valence-electron chi connectivity index (χ3n) is 6.18. The average Bonchev–Trinajstić information content (AvgIpc) is 3.00. The molecule has 2 atom stereocenters. The molecule has 0 spiro atoms. The van der Waals surface area contributed by atoms with Gasteiger partial charge in [-0.2, -0.15) is 0 Å². The molecule has 0 saturated heterocycles. The smallest absolute Gasteiger partial charge is 0.119 e. The molecule has 0 radical (unpaired) electrons. The molecule has 0 aromatic heterocycles. The molecule has 216 valence electrons. The van der Waals surface area contributed by atoms with Crippen LogP contribution in [0.5, 0.6) is 23.0 Å². The third-order valence-corrected chi connectivity index (χ3v) is 6.18. The number of hydrogen-bond acceptors (Lipinski definition) is 7. The lowest BCUT2D eigenvalue weighted by Gasteiger charge is -2.18. The number of hydrogen-bond donors (Lipinski definition) is 2. The number of ether oxygens (including phenoxy) is 5. The van der Waals surface area contributed by atoms with Gasteiger partial charge in [-0.05, 0) is 84.6 Å². The van der Waals surface area contributed by atoms with Crippen LogP contribution in [-0.2, 0) is 4.74 Å². The molecule has 0 aliphatic carbocycles. The number of benzene rings is 4. The molecule has 0 saturated carbocycles. The second-order valence-electron chi connectivity index (χ2n) is 9.64. The summed E-state index contributed by atoms with van der Waals surface area (Å²) in [5.41, 5.74) is 4.31. The van der Waals surface area contributed by atoms with Gasteiger partial charge in [0.1, 0.15) is 48.4 Å². The van der Waals surface area contributed by atoms with Crippen molar-refractivity contribution in [2.24, 2.45) is 0 Å². The number of aliphatic hydroxyl groups excluding tert-OH is 2. The zero-order valence-electron chi connectivity index (χ0n) is 23.6. The minimum Gasteiger partial charge on any atom is -0.491 e. The first-order chi connectivity index (χ1) is 20.0. The molecule has 4 aromatic carbocycles. The summed E-state index contributed by atoms with van der Waals surface area (Å²) in [5.74, 6) is 3.03. The van der Waals surface area contributed by atoms with E-state index < -0.39 is 0 Å². The summed E-state index contributed by atoms with van der Waals surface area (Å²) in [6, 6.07) is 31.5. The molecule has 2 unspecified atom stereocenters. The van der Waals surface area contributed by atoms with Gasteiger partial charge in [0.2, 0.25) is 0 Å². The highest BCUT2D eigenvalue weighted by Crippen LogP contribution is 2.26. The highest BCUT2D eigenvalue weighted by atomic mass is 16.6. The Hall–Kier alpha value is -4.04. The van der Waals surface area contributed by atoms with Crippen molar-refractivity contribution in [3.8, 4) is 45.3 Å². The van der Waals surface area contributed by atoms with E-state index in [0.717, 1.165) is 45.3 Å². The van der Waals surface area contributed by atoms with E-state index in [9.17, 15) is 0 Å². The van der Waals surface area contributed by atoms with E-state index in [1.807, 2.05) is 111 Å². The fourth-order valence-corrected chi connectivity index (χ4v) is 4.20. The first-order valence-electron chi connectivity index (χ1n) is 13.8. The van der Waals surface area contributed by atoms with Crippen LogP contribution in [-0.4, -0.2) is 62.1 Å². The van der Waals surface area contributed by atoms with Crippen molar-refractivity contribution in [1.82, 2.24) is 0 Å². The summed E-state index contributed by atoms with van der Waals surface area (Å²) in [6.45, 7) is 5.42. The highest BCUT2D eigenvalue weighted by molar-refractivity contribution is 5.65. The number of rotatable bonds is 16. The summed E-state index contributed by atoms with van der Waals surface area (Å²) in [5, 5.41) is 17.8. The van der Waals surface area contributed by atoms with Crippen LogP contribution in [0.2, 0.25) is 0 Å². The Bertz CT molecular complexity index is 1180. The van der Waals surface area contributed by atoms with Crippen molar-refractivity contribution < 1.29 is 33.9 Å². The van der Waals surface area contributed by atoms with Crippen LogP contribution in [0.15, 0.2) is 97.1 Å². The monoisotopic (exact) mass is 558 g/mol. The van der Waals surface area contributed by atoms with Gasteiger partial charge < -0.3 is 33.9 Å². The highest BCUT2D eigenvalue weighted by Gasteiger charge is 2.09. The molecule has 0 amide bonds. The minimum absolute atomic E-state index is 0.00384. The fourth-order valence-electron chi connectivity index (χ4n) is 4.20. The Morgan fingerprint density at radius 1 is 0.463 bits per heavy atom. The lowest BCUT2D eigenvalue weighted by molar-refractivity contribution is 0.0188. The van der Waals surface area contributed by atoms with Gasteiger partial charge in [-0.1, -0.05) is 48.5 Å². The number of aliphatic hydroxyl groups is 2. The largest absolute Gasteiger partial charge is 0.491 e. The van der Waals surface area contributed by atoms with Gasteiger partial charge >= 0.3 is 0 Å². The molecule has 41 heavy (non-hydrogen) atoms. The molecule has 7 heteroatoms. The van der Waals surface area contributed by atoms with E-state index in [1.165, 1.54) is 0 Å². The second-order valence-corrected chi connectivity index (χ2v) is 9.64. The topological polar surface area (TPSA) is 86.6 Å². The first-order valence-corrected chi connectivity index (χ1v) is 13.8. The lowest BCUT2D eigenvalue weighted by Crippen LogP contribution is -2.25. The second kappa shape index (κ2) is 15.7. The maximum Gasteiger partial charge on any atom is 0.119 e. The fraction of sp³-hybridized carbons (Fsp3) is 0.294. The first kappa shape index (κ1) is 29.9. The normalized spacial score (nSPS) is 12.4. The zero-order valence-corrected chi connectivity index (χ0v) is 23.6. The van der Waals surface area contributed by atoms with E-state index in [2.05, 4.69) is 0 Å². The minimum atomic E-state index is -0.115. The predicted molar refractivity (Wildman–Crippen MR) is 160 cm³/mol. The molecule has 0 aliphatic rings. The van der Waals surface area contributed by atoms with Crippen LogP contribution in [0.25, 0.3) is 22.3 Å². The van der Waals surface area contributed by atoms with Gasteiger partial charge in [0.25, 0.3) is 0 Å². The maximum atomic E-state index is 8.88. The summed E-state index contributed by atoms with van der Waals surface area (Å²) in [7, 11) is 0. The average molecular weight is 559 g/mol. The molecule has 4 rings (SSSR count). The van der Waals surface area contributed by atoms with Gasteiger partial charge in [0, 0.05) is 0 Å². The van der Waals surface area contributed by atoms with Gasteiger partial charge in [-0.25, -0.2) is 0 Å². The van der Waals surface area contributed by atoms with E-state index in [-0.39, 0.29) is 38.6 Å². The summed E-state index contributed by atoms with van der Waals surface area (Å²) < 4.78 is 28.7. The van der Waals surface area contributed by atoms with E-state index >= 15 is 0 Å². The standard InChI is InChI=1S/C34H38O7/c1-25(40-33-15-7-29(8-16-33)27-3-11-31(12-4-27)38-21-19-35)23-37-24-26(2)41-34-17-9-30(10-18-34)28-5-13-32(14-6-28)39-22-20-36/h3-18,25-26,35-36H,19-24H2,1-2H3. The lowest BCUT2D eigenvalue weighted by atomic mass is 10.1. The molecule has 0 fully saturated rings. The molecular formula is C34H38O7. The van der Waals surface area contributed by atoms with Gasteiger partial charge in [-0.15, -0.1) is 0 Å². The summed E-state index contributed by atoms with van der Waals surface area (Å²) >= 11 is 0. The molecule has 2 N–H and O–H groups in total. The Morgan fingerprint density at radius 2 is 0.756 bits per heavy atom. The van der Waals surface area contributed by atoms with Crippen LogP contribution in [0.1, 0.15) is 13.8 Å². The van der Waals surface area contributed by atoms with Crippen molar-refractivity contribution in [3.63, 3.8) is 0 Å². The SMILES string of the molecule is CC(COCC(C)Oc1ccc(-c2ccc(OCCO)cc2)cc1)Oc1ccc(-c2ccc(OCCO)cc2)cc1. The molecule has 0 aliphatic heterocycles. The van der Waals surface area contributed by atoms with Crippen LogP contribution in [0.3, 0.4) is 0 Å². The van der Waals surface area contributed by atoms with Crippen molar-refractivity contribution in [3.05, 3.63) is 97.1 Å². The van der Waals surface area contributed by atoms with E-state index in [4.69, 9.17) is 33.9 Å². The van der Waals surface area contributed by atoms with Crippen LogP contribution >= 0.6 is 0 Å². The Balaban J connectivity index is 1.17. The van der Waals surface area contributed by atoms with Crippen molar-refractivity contribution in [2.75, 3.05) is 39.6 Å². The van der Waals surface area contributed by atoms with Crippen LogP contribution in [0, 0.1) is 0 Å². The predicted octanol–water partition coefficient (Wildman–Crippen LogP) is 6.01. The van der Waals surface area contributed by atoms with E-state index in [0.29, 0.717) is 13.2 Å². The third kappa shape index (κ3) is 9.53. The Labute approximate surface area is 241 Å². The summed E-state index contributed by atoms with van der Waals surface area (Å²) in [4.78, 5) is 0. The molecular weight excluding hydrogens is 520 g/mol. The Morgan fingerprint density at radius 3 is 1.05 bits per heavy atom. The zero-order chi connectivity index (χ0) is 28.9. The molecule has 0 bridgehead atoms. The Kier molecular flexibility index (Phi) is 11.4. The van der Waals surface area contributed by atoms with E-state index in [1.54, 1.807) is 0 Å². The molecule has 4 aromatic rings. The molecule has 0 heterocycles. The van der Waals surface area contributed by atoms with Crippen molar-refractivity contribution in [1.29, 1.82) is 0 Å². The van der Waals surface area contributed by atoms with Gasteiger partial charge in [0.15, 0.2) is 0 Å². The van der Waals surface area contributed by atoms with Gasteiger partial charge in [-0.3, -0.25) is 0 Å². The van der Waals surface area contributed by atoms with Gasteiger partial charge in [0.05, 0.1) is 26.4 Å². The molecule has 7 nitrogen and oxygen atoms in total. The summed E-state index contributed by atoms with van der Waals surface area (Å²) in [6.07, 6.45) is -0.230. The van der Waals surface area contributed by atoms with Crippen molar-refractivity contribution >= 4 is 0 Å². The van der Waals surface area contributed by atoms with Crippen LogP contribution in [0.4, 0.5) is 0 Å². The van der Waals surface area contributed by atoms with Crippen LogP contribution < -0.4 is 18.9 Å². The van der Waals surface area contributed by atoms with Crippen molar-refractivity contribution in [2.45, 2.75) is 26.1 Å².